The smallest absolute Gasteiger partial charge is 0.254 e. The molecule has 3 aliphatic rings. The molecule has 40 heavy (non-hydrogen) atoms. The monoisotopic (exact) mass is 558 g/mol. The molecule has 1 aliphatic carbocycles. The van der Waals surface area contributed by atoms with Crippen LogP contribution in [0, 0.1) is 11.8 Å². The summed E-state index contributed by atoms with van der Waals surface area (Å²) in [5, 5.41) is 6.99. The minimum Gasteiger partial charge on any atom is -0.493 e. The number of hydrogen-bond acceptors (Lipinski definition) is 7. The molecule has 1 aromatic carbocycles. The van der Waals surface area contributed by atoms with Crippen molar-refractivity contribution in [3.05, 3.63) is 23.8 Å². The minimum atomic E-state index is -0.0200. The van der Waals surface area contributed by atoms with Gasteiger partial charge < -0.3 is 34.6 Å². The van der Waals surface area contributed by atoms with E-state index in [2.05, 4.69) is 29.4 Å². The molecule has 2 aliphatic heterocycles. The van der Waals surface area contributed by atoms with Crippen molar-refractivity contribution in [1.82, 2.24) is 20.4 Å². The van der Waals surface area contributed by atoms with Crippen molar-refractivity contribution in [2.24, 2.45) is 11.8 Å². The minimum absolute atomic E-state index is 0.0108. The molecule has 1 saturated carbocycles. The van der Waals surface area contributed by atoms with Crippen molar-refractivity contribution in [3.63, 3.8) is 0 Å². The van der Waals surface area contributed by atoms with Crippen LogP contribution in [0.4, 0.5) is 0 Å². The van der Waals surface area contributed by atoms with Gasteiger partial charge >= 0.3 is 0 Å². The molecule has 2 amide bonds. The van der Waals surface area contributed by atoms with Gasteiger partial charge in [0, 0.05) is 69.8 Å². The second-order valence-electron chi connectivity index (χ2n) is 11.9. The molecule has 3 unspecified atom stereocenters. The summed E-state index contributed by atoms with van der Waals surface area (Å²) in [6.07, 6.45) is 6.93. The van der Waals surface area contributed by atoms with Gasteiger partial charge in [0.1, 0.15) is 0 Å². The lowest BCUT2D eigenvalue weighted by Gasteiger charge is -2.38. The lowest BCUT2D eigenvalue weighted by molar-refractivity contribution is -0.133. The van der Waals surface area contributed by atoms with E-state index in [1.807, 2.05) is 11.0 Å². The maximum Gasteiger partial charge on any atom is 0.254 e. The molecule has 0 aromatic heterocycles. The second-order valence-corrected chi connectivity index (χ2v) is 11.9. The van der Waals surface area contributed by atoms with Crippen LogP contribution in [0.2, 0.25) is 0 Å². The van der Waals surface area contributed by atoms with Crippen molar-refractivity contribution in [1.29, 1.82) is 0 Å². The Bertz CT molecular complexity index is 961. The topological polar surface area (TPSA) is 92.4 Å². The highest BCUT2D eigenvalue weighted by atomic mass is 16.5. The van der Waals surface area contributed by atoms with Gasteiger partial charge in [-0.05, 0) is 83.2 Å². The molecular formula is C31H50N4O5. The van der Waals surface area contributed by atoms with Crippen LogP contribution >= 0.6 is 0 Å². The molecule has 3 fully saturated rings. The fourth-order valence-electron chi connectivity index (χ4n) is 6.21. The first kappa shape index (κ1) is 30.6. The molecular weight excluding hydrogens is 508 g/mol. The Balaban J connectivity index is 1.46. The van der Waals surface area contributed by atoms with Gasteiger partial charge in [0.2, 0.25) is 5.91 Å². The fourth-order valence-corrected chi connectivity index (χ4v) is 6.21. The van der Waals surface area contributed by atoms with Crippen LogP contribution in [0.25, 0.3) is 0 Å². The molecule has 0 spiro atoms. The predicted octanol–water partition coefficient (Wildman–Crippen LogP) is 3.32. The summed E-state index contributed by atoms with van der Waals surface area (Å²) in [5.74, 6) is 2.11. The Kier molecular flexibility index (Phi) is 11.5. The first-order valence-electron chi connectivity index (χ1n) is 15.3. The molecule has 2 heterocycles. The number of amides is 2. The Morgan fingerprint density at radius 1 is 1.00 bits per heavy atom. The quantitative estimate of drug-likeness (QED) is 0.339. The van der Waals surface area contributed by atoms with Crippen molar-refractivity contribution in [2.75, 3.05) is 60.2 Å². The molecule has 0 bridgehead atoms. The van der Waals surface area contributed by atoms with Crippen LogP contribution in [0.15, 0.2) is 18.2 Å². The summed E-state index contributed by atoms with van der Waals surface area (Å²) in [4.78, 5) is 31.7. The van der Waals surface area contributed by atoms with Crippen LogP contribution < -0.4 is 20.1 Å². The average molecular weight is 559 g/mol. The first-order chi connectivity index (χ1) is 19.4. The molecule has 9 heteroatoms. The van der Waals surface area contributed by atoms with E-state index in [1.54, 1.807) is 26.4 Å². The van der Waals surface area contributed by atoms with E-state index in [-0.39, 0.29) is 23.9 Å². The van der Waals surface area contributed by atoms with Crippen LogP contribution in [0.5, 0.6) is 11.5 Å². The summed E-state index contributed by atoms with van der Waals surface area (Å²) in [5.41, 5.74) is 0.582. The summed E-state index contributed by atoms with van der Waals surface area (Å²) in [6.45, 7) is 9.54. The zero-order chi connectivity index (χ0) is 28.5. The van der Waals surface area contributed by atoms with Gasteiger partial charge in [-0.25, -0.2) is 0 Å². The van der Waals surface area contributed by atoms with Gasteiger partial charge in [-0.2, -0.15) is 0 Å². The average Bonchev–Trinajstić information content (AvgIpc) is 3.74. The van der Waals surface area contributed by atoms with E-state index < -0.39 is 0 Å². The maximum absolute atomic E-state index is 14.0. The summed E-state index contributed by atoms with van der Waals surface area (Å²) in [7, 11) is 3.27. The maximum atomic E-state index is 14.0. The number of nitrogens with one attached hydrogen (secondary N) is 2. The van der Waals surface area contributed by atoms with E-state index in [4.69, 9.17) is 14.2 Å². The van der Waals surface area contributed by atoms with Gasteiger partial charge in [0.05, 0.1) is 19.8 Å². The molecule has 0 radical (unpaired) electrons. The third-order valence-electron chi connectivity index (χ3n) is 8.51. The molecule has 224 valence electrons. The summed E-state index contributed by atoms with van der Waals surface area (Å²) < 4.78 is 16.6. The van der Waals surface area contributed by atoms with E-state index in [0.29, 0.717) is 61.1 Å². The highest BCUT2D eigenvalue weighted by Crippen LogP contribution is 2.33. The Hall–Kier alpha value is -2.36. The van der Waals surface area contributed by atoms with E-state index >= 15 is 0 Å². The lowest BCUT2D eigenvalue weighted by atomic mass is 9.95. The number of carbonyl (C=O) groups excluding carboxylic acids is 2. The van der Waals surface area contributed by atoms with Crippen LogP contribution in [0.1, 0.15) is 69.2 Å². The first-order valence-corrected chi connectivity index (χ1v) is 15.3. The molecule has 3 atom stereocenters. The SMILES string of the molecule is COCCCOc1cc(C(=O)N(C(C)C)C2CNCC2CN(C(=O)CC2CCCNCC2)C2CC2)ccc1OC. The number of methoxy groups -OCH3 is 2. The number of hydrogen-bond donors (Lipinski definition) is 2. The number of nitrogens with zero attached hydrogens (tertiary/aromatic N) is 2. The van der Waals surface area contributed by atoms with Crippen LogP contribution in [-0.4, -0.2) is 99.9 Å². The van der Waals surface area contributed by atoms with Crippen molar-refractivity contribution in [3.8, 4) is 11.5 Å². The van der Waals surface area contributed by atoms with E-state index in [1.165, 1.54) is 0 Å². The lowest BCUT2D eigenvalue weighted by Crippen LogP contribution is -2.51. The normalized spacial score (nSPS) is 23.1. The van der Waals surface area contributed by atoms with Crippen molar-refractivity contribution < 1.29 is 23.8 Å². The van der Waals surface area contributed by atoms with E-state index in [0.717, 1.165) is 64.7 Å². The summed E-state index contributed by atoms with van der Waals surface area (Å²) in [6, 6.07) is 5.80. The van der Waals surface area contributed by atoms with Gasteiger partial charge in [-0.15, -0.1) is 0 Å². The molecule has 2 N–H and O–H groups in total. The van der Waals surface area contributed by atoms with Crippen LogP contribution in [-0.2, 0) is 9.53 Å². The molecule has 1 aromatic rings. The zero-order valence-electron chi connectivity index (χ0n) is 25.0. The Labute approximate surface area is 240 Å². The molecule has 2 saturated heterocycles. The van der Waals surface area contributed by atoms with Crippen LogP contribution in [0.3, 0.4) is 0 Å². The third-order valence-corrected chi connectivity index (χ3v) is 8.51. The predicted molar refractivity (Wildman–Crippen MR) is 156 cm³/mol. The van der Waals surface area contributed by atoms with Gasteiger partial charge in [0.15, 0.2) is 11.5 Å². The number of rotatable bonds is 14. The van der Waals surface area contributed by atoms with Gasteiger partial charge in [0.25, 0.3) is 5.91 Å². The van der Waals surface area contributed by atoms with E-state index in [9.17, 15) is 9.59 Å². The van der Waals surface area contributed by atoms with Gasteiger partial charge in [-0.1, -0.05) is 0 Å². The summed E-state index contributed by atoms with van der Waals surface area (Å²) >= 11 is 0. The Morgan fingerprint density at radius 2 is 1.82 bits per heavy atom. The number of ether oxygens (including phenoxy) is 3. The highest BCUT2D eigenvalue weighted by Gasteiger charge is 2.41. The number of benzene rings is 1. The standard InChI is InChI=1S/C31H50N4O5/c1-22(2)35(31(37)24-8-11-28(39-4)29(18-24)40-16-6-15-38-3)27-20-33-19-25(27)21-34(26-9-10-26)30(36)17-23-7-5-13-32-14-12-23/h8,11,18,22-23,25-27,32-33H,5-7,9-10,12-17,19-21H2,1-4H3. The zero-order valence-corrected chi connectivity index (χ0v) is 25.0. The fraction of sp³-hybridized carbons (Fsp3) is 0.742. The second kappa shape index (κ2) is 15.0. The molecule has 4 rings (SSSR count). The molecule has 9 nitrogen and oxygen atoms in total. The van der Waals surface area contributed by atoms with Gasteiger partial charge in [-0.3, -0.25) is 9.59 Å². The van der Waals surface area contributed by atoms with Crippen molar-refractivity contribution >= 4 is 11.8 Å². The third kappa shape index (κ3) is 8.10. The largest absolute Gasteiger partial charge is 0.493 e. The number of carbonyl (C=O) groups is 2. The van der Waals surface area contributed by atoms with Crippen molar-refractivity contribution in [2.45, 2.75) is 76.9 Å². The highest BCUT2D eigenvalue weighted by molar-refractivity contribution is 5.95. The Morgan fingerprint density at radius 3 is 2.55 bits per heavy atom.